The van der Waals surface area contributed by atoms with Crippen molar-refractivity contribution in [2.45, 2.75) is 25.2 Å². The SMILES string of the molecule is Nc1onc2c1CCCC2c1cccc(Cl)c1. The Labute approximate surface area is 105 Å². The Bertz CT molecular complexity index is 550. The lowest BCUT2D eigenvalue weighted by Crippen LogP contribution is -2.11. The van der Waals surface area contributed by atoms with Crippen LogP contribution in [0.25, 0.3) is 0 Å². The Morgan fingerprint density at radius 2 is 2.29 bits per heavy atom. The van der Waals surface area contributed by atoms with Gasteiger partial charge in [-0.05, 0) is 37.0 Å². The molecule has 0 saturated heterocycles. The number of anilines is 1. The van der Waals surface area contributed by atoms with Crippen LogP contribution in [0.4, 0.5) is 5.88 Å². The molecule has 3 nitrogen and oxygen atoms in total. The largest absolute Gasteiger partial charge is 0.367 e. The van der Waals surface area contributed by atoms with E-state index in [0.717, 1.165) is 35.5 Å². The van der Waals surface area contributed by atoms with Gasteiger partial charge in [-0.3, -0.25) is 0 Å². The molecule has 1 aliphatic carbocycles. The molecule has 17 heavy (non-hydrogen) atoms. The molecule has 0 amide bonds. The van der Waals surface area contributed by atoms with Crippen molar-refractivity contribution in [3.8, 4) is 0 Å². The van der Waals surface area contributed by atoms with E-state index < -0.39 is 0 Å². The van der Waals surface area contributed by atoms with Crippen molar-refractivity contribution in [2.24, 2.45) is 0 Å². The highest BCUT2D eigenvalue weighted by Crippen LogP contribution is 2.38. The maximum absolute atomic E-state index is 6.03. The monoisotopic (exact) mass is 248 g/mol. The van der Waals surface area contributed by atoms with E-state index >= 15 is 0 Å². The highest BCUT2D eigenvalue weighted by Gasteiger charge is 2.27. The number of rotatable bonds is 1. The summed E-state index contributed by atoms with van der Waals surface area (Å²) in [6.45, 7) is 0. The van der Waals surface area contributed by atoms with Crippen LogP contribution in [-0.2, 0) is 6.42 Å². The standard InChI is InChI=1S/C13H13ClN2O/c14-9-4-1-3-8(7-9)10-5-2-6-11-12(10)16-17-13(11)15/h1,3-4,7,10H,2,5-6,15H2. The molecule has 1 aromatic heterocycles. The first-order chi connectivity index (χ1) is 8.25. The molecule has 1 unspecified atom stereocenters. The minimum Gasteiger partial charge on any atom is -0.367 e. The fourth-order valence-corrected chi connectivity index (χ4v) is 2.73. The third kappa shape index (κ3) is 1.80. The number of aromatic nitrogens is 1. The molecule has 0 radical (unpaired) electrons. The number of hydrogen-bond acceptors (Lipinski definition) is 3. The van der Waals surface area contributed by atoms with Gasteiger partial charge < -0.3 is 10.3 Å². The van der Waals surface area contributed by atoms with Crippen LogP contribution in [0.1, 0.15) is 35.6 Å². The van der Waals surface area contributed by atoms with Crippen molar-refractivity contribution in [1.29, 1.82) is 0 Å². The zero-order valence-corrected chi connectivity index (χ0v) is 10.1. The first-order valence-corrected chi connectivity index (χ1v) is 6.13. The van der Waals surface area contributed by atoms with E-state index in [-0.39, 0.29) is 5.92 Å². The molecular weight excluding hydrogens is 236 g/mol. The molecule has 3 rings (SSSR count). The Balaban J connectivity index is 2.06. The van der Waals surface area contributed by atoms with E-state index in [0.29, 0.717) is 5.88 Å². The van der Waals surface area contributed by atoms with Crippen LogP contribution in [0.15, 0.2) is 28.8 Å². The number of hydrogen-bond donors (Lipinski definition) is 1. The average Bonchev–Trinajstić information content (AvgIpc) is 2.71. The van der Waals surface area contributed by atoms with Gasteiger partial charge in [0, 0.05) is 16.5 Å². The second-order valence-electron chi connectivity index (χ2n) is 4.41. The van der Waals surface area contributed by atoms with Gasteiger partial charge >= 0.3 is 0 Å². The number of benzene rings is 1. The van der Waals surface area contributed by atoms with Crippen molar-refractivity contribution in [2.75, 3.05) is 5.73 Å². The van der Waals surface area contributed by atoms with E-state index in [9.17, 15) is 0 Å². The Morgan fingerprint density at radius 1 is 1.41 bits per heavy atom. The second-order valence-corrected chi connectivity index (χ2v) is 4.85. The highest BCUT2D eigenvalue weighted by atomic mass is 35.5. The highest BCUT2D eigenvalue weighted by molar-refractivity contribution is 6.30. The molecule has 0 saturated carbocycles. The molecule has 1 aromatic carbocycles. The molecule has 2 N–H and O–H groups in total. The Hall–Kier alpha value is -1.48. The summed E-state index contributed by atoms with van der Waals surface area (Å²) in [5.74, 6) is 0.727. The summed E-state index contributed by atoms with van der Waals surface area (Å²) < 4.78 is 5.09. The van der Waals surface area contributed by atoms with Gasteiger partial charge in [-0.15, -0.1) is 0 Å². The van der Waals surface area contributed by atoms with Crippen molar-refractivity contribution in [3.05, 3.63) is 46.1 Å². The van der Waals surface area contributed by atoms with Gasteiger partial charge in [0.25, 0.3) is 0 Å². The summed E-state index contributed by atoms with van der Waals surface area (Å²) in [5, 5.41) is 4.86. The third-order valence-corrected chi connectivity index (χ3v) is 3.58. The summed E-state index contributed by atoms with van der Waals surface area (Å²) in [6, 6.07) is 7.92. The topological polar surface area (TPSA) is 52.0 Å². The van der Waals surface area contributed by atoms with E-state index in [4.69, 9.17) is 21.9 Å². The maximum atomic E-state index is 6.03. The normalized spacial score (nSPS) is 19.0. The summed E-state index contributed by atoms with van der Waals surface area (Å²) in [5.41, 5.74) is 9.02. The molecule has 2 aromatic rings. The molecule has 0 fully saturated rings. The zero-order chi connectivity index (χ0) is 11.8. The van der Waals surface area contributed by atoms with Gasteiger partial charge in [-0.1, -0.05) is 28.9 Å². The summed E-state index contributed by atoms with van der Waals surface area (Å²) in [7, 11) is 0. The summed E-state index contributed by atoms with van der Waals surface area (Å²) in [4.78, 5) is 0. The number of nitrogens with two attached hydrogens (primary N) is 1. The fraction of sp³-hybridized carbons (Fsp3) is 0.308. The minimum atomic E-state index is 0.262. The van der Waals surface area contributed by atoms with Gasteiger partial charge in [-0.25, -0.2) is 0 Å². The van der Waals surface area contributed by atoms with Crippen LogP contribution >= 0.6 is 11.6 Å². The van der Waals surface area contributed by atoms with Crippen LogP contribution in [0.3, 0.4) is 0 Å². The molecule has 4 heteroatoms. The average molecular weight is 249 g/mol. The summed E-state index contributed by atoms with van der Waals surface area (Å²) in [6.07, 6.45) is 3.14. The van der Waals surface area contributed by atoms with Crippen LogP contribution in [0, 0.1) is 0 Å². The van der Waals surface area contributed by atoms with Crippen LogP contribution < -0.4 is 5.73 Å². The Kier molecular flexibility index (Phi) is 2.56. The number of halogens is 1. The first kappa shape index (κ1) is 10.7. The zero-order valence-electron chi connectivity index (χ0n) is 9.32. The quantitative estimate of drug-likeness (QED) is 0.842. The lowest BCUT2D eigenvalue weighted by molar-refractivity contribution is 0.422. The molecular formula is C13H13ClN2O. The molecule has 0 bridgehead atoms. The van der Waals surface area contributed by atoms with E-state index in [1.165, 1.54) is 5.56 Å². The van der Waals surface area contributed by atoms with E-state index in [1.807, 2.05) is 18.2 Å². The fourth-order valence-electron chi connectivity index (χ4n) is 2.53. The Morgan fingerprint density at radius 3 is 3.12 bits per heavy atom. The summed E-state index contributed by atoms with van der Waals surface area (Å²) >= 11 is 6.03. The number of nitrogen functional groups attached to an aromatic ring is 1. The van der Waals surface area contributed by atoms with Crippen LogP contribution in [0.2, 0.25) is 5.02 Å². The van der Waals surface area contributed by atoms with Gasteiger partial charge in [-0.2, -0.15) is 0 Å². The second kappa shape index (κ2) is 4.08. The van der Waals surface area contributed by atoms with Crippen molar-refractivity contribution >= 4 is 17.5 Å². The van der Waals surface area contributed by atoms with Crippen LogP contribution in [0.5, 0.6) is 0 Å². The predicted octanol–water partition coefficient (Wildman–Crippen LogP) is 3.38. The van der Waals surface area contributed by atoms with Crippen molar-refractivity contribution < 1.29 is 4.52 Å². The maximum Gasteiger partial charge on any atom is 0.225 e. The molecule has 88 valence electrons. The van der Waals surface area contributed by atoms with Crippen molar-refractivity contribution in [1.82, 2.24) is 5.16 Å². The molecule has 1 heterocycles. The van der Waals surface area contributed by atoms with Gasteiger partial charge in [0.15, 0.2) is 0 Å². The predicted molar refractivity (Wildman–Crippen MR) is 67.1 cm³/mol. The number of fused-ring (bicyclic) bond motifs is 1. The van der Waals surface area contributed by atoms with Crippen LogP contribution in [-0.4, -0.2) is 5.16 Å². The molecule has 1 atom stereocenters. The lowest BCUT2D eigenvalue weighted by Gasteiger charge is -2.20. The molecule has 1 aliphatic rings. The first-order valence-electron chi connectivity index (χ1n) is 5.75. The number of nitrogens with zero attached hydrogens (tertiary/aromatic N) is 1. The lowest BCUT2D eigenvalue weighted by atomic mass is 9.83. The molecule has 0 spiro atoms. The third-order valence-electron chi connectivity index (χ3n) is 3.35. The minimum absolute atomic E-state index is 0.262. The smallest absolute Gasteiger partial charge is 0.225 e. The van der Waals surface area contributed by atoms with Crippen molar-refractivity contribution in [3.63, 3.8) is 0 Å². The molecule has 0 aliphatic heterocycles. The van der Waals surface area contributed by atoms with Gasteiger partial charge in [0.1, 0.15) is 0 Å². The van der Waals surface area contributed by atoms with Gasteiger partial charge in [0.2, 0.25) is 5.88 Å². The van der Waals surface area contributed by atoms with E-state index in [1.54, 1.807) is 0 Å². The van der Waals surface area contributed by atoms with E-state index in [2.05, 4.69) is 11.2 Å². The van der Waals surface area contributed by atoms with Gasteiger partial charge in [0.05, 0.1) is 5.69 Å².